The van der Waals surface area contributed by atoms with Gasteiger partial charge in [0.2, 0.25) is 5.91 Å². The summed E-state index contributed by atoms with van der Waals surface area (Å²) in [6, 6.07) is 19.6. The lowest BCUT2D eigenvalue weighted by atomic mass is 10.2. The lowest BCUT2D eigenvalue weighted by molar-refractivity contribution is -0.119. The Morgan fingerprint density at radius 3 is 2.44 bits per heavy atom. The van der Waals surface area contributed by atoms with Crippen LogP contribution in [0.2, 0.25) is 10.0 Å². The van der Waals surface area contributed by atoms with Crippen LogP contribution in [-0.4, -0.2) is 34.0 Å². The smallest absolute Gasteiger partial charge is 0.264 e. The predicted octanol–water partition coefficient (Wildman–Crippen LogP) is 4.69. The zero-order valence-corrected chi connectivity index (χ0v) is 19.6. The van der Waals surface area contributed by atoms with Crippen molar-refractivity contribution < 1.29 is 17.9 Å². The zero-order chi connectivity index (χ0) is 23.1. The highest BCUT2D eigenvalue weighted by atomic mass is 35.5. The number of sulfonamides is 1. The summed E-state index contributed by atoms with van der Waals surface area (Å²) >= 11 is 12.1. The number of anilines is 1. The summed E-state index contributed by atoms with van der Waals surface area (Å²) < 4.78 is 33.1. The Morgan fingerprint density at radius 2 is 1.75 bits per heavy atom. The van der Waals surface area contributed by atoms with Gasteiger partial charge < -0.3 is 10.1 Å². The molecule has 1 amide bonds. The van der Waals surface area contributed by atoms with Crippen molar-refractivity contribution in [1.29, 1.82) is 0 Å². The van der Waals surface area contributed by atoms with Crippen LogP contribution in [-0.2, 0) is 14.8 Å². The van der Waals surface area contributed by atoms with E-state index in [1.807, 2.05) is 13.0 Å². The number of carbonyl (C=O) groups is 1. The second kappa shape index (κ2) is 10.7. The van der Waals surface area contributed by atoms with Crippen molar-refractivity contribution in [1.82, 2.24) is 5.32 Å². The Morgan fingerprint density at radius 1 is 1.00 bits per heavy atom. The molecule has 0 heterocycles. The van der Waals surface area contributed by atoms with Crippen LogP contribution in [0.3, 0.4) is 0 Å². The molecule has 0 unspecified atom stereocenters. The van der Waals surface area contributed by atoms with E-state index in [1.165, 1.54) is 18.2 Å². The normalized spacial score (nSPS) is 11.1. The molecule has 0 saturated carbocycles. The number of amides is 1. The van der Waals surface area contributed by atoms with E-state index >= 15 is 0 Å². The van der Waals surface area contributed by atoms with Gasteiger partial charge in [0.05, 0.1) is 17.1 Å². The first-order valence-electron chi connectivity index (χ1n) is 9.76. The third-order valence-corrected chi connectivity index (χ3v) is 6.98. The topological polar surface area (TPSA) is 75.7 Å². The quantitative estimate of drug-likeness (QED) is 0.439. The maximum Gasteiger partial charge on any atom is 0.264 e. The van der Waals surface area contributed by atoms with Gasteiger partial charge >= 0.3 is 0 Å². The van der Waals surface area contributed by atoms with Crippen LogP contribution in [0.1, 0.15) is 5.56 Å². The van der Waals surface area contributed by atoms with Crippen molar-refractivity contribution in [2.24, 2.45) is 0 Å². The number of carbonyl (C=O) groups excluding carboxylic acids is 1. The van der Waals surface area contributed by atoms with Crippen LogP contribution >= 0.6 is 23.2 Å². The van der Waals surface area contributed by atoms with E-state index in [2.05, 4.69) is 5.32 Å². The summed E-state index contributed by atoms with van der Waals surface area (Å²) in [6.45, 7) is 1.88. The second-order valence-electron chi connectivity index (χ2n) is 6.91. The Balaban J connectivity index is 1.68. The highest BCUT2D eigenvalue weighted by Gasteiger charge is 2.27. The van der Waals surface area contributed by atoms with Gasteiger partial charge in [-0.15, -0.1) is 0 Å². The van der Waals surface area contributed by atoms with Crippen LogP contribution < -0.4 is 14.4 Å². The number of hydrogen-bond donors (Lipinski definition) is 1. The van der Waals surface area contributed by atoms with Gasteiger partial charge in [-0.25, -0.2) is 8.42 Å². The molecule has 1 N–H and O–H groups in total. The zero-order valence-electron chi connectivity index (χ0n) is 17.3. The maximum absolute atomic E-state index is 13.2. The largest absolute Gasteiger partial charge is 0.492 e. The number of nitrogens with one attached hydrogen (secondary N) is 1. The summed E-state index contributed by atoms with van der Waals surface area (Å²) in [7, 11) is -3.98. The van der Waals surface area contributed by atoms with Crippen molar-refractivity contribution in [3.63, 3.8) is 0 Å². The number of nitrogens with zero attached hydrogens (tertiary/aromatic N) is 1. The molecule has 0 radical (unpaired) electrons. The van der Waals surface area contributed by atoms with Crippen LogP contribution in [0.5, 0.6) is 5.75 Å². The molecule has 3 aromatic carbocycles. The van der Waals surface area contributed by atoms with E-state index in [-0.39, 0.29) is 18.0 Å². The molecule has 3 aromatic rings. The van der Waals surface area contributed by atoms with Crippen molar-refractivity contribution >= 4 is 44.8 Å². The molecule has 0 atom stereocenters. The second-order valence-corrected chi connectivity index (χ2v) is 9.62. The summed E-state index contributed by atoms with van der Waals surface area (Å²) in [5, 5.41) is 3.64. The highest BCUT2D eigenvalue weighted by Crippen LogP contribution is 2.26. The molecule has 32 heavy (non-hydrogen) atoms. The maximum atomic E-state index is 13.2. The van der Waals surface area contributed by atoms with Crippen molar-refractivity contribution in [3.05, 3.63) is 88.4 Å². The fourth-order valence-corrected chi connectivity index (χ4v) is 4.66. The summed E-state index contributed by atoms with van der Waals surface area (Å²) in [5.41, 5.74) is 1.23. The predicted molar refractivity (Wildman–Crippen MR) is 127 cm³/mol. The molecule has 9 heteroatoms. The lowest BCUT2D eigenvalue weighted by Gasteiger charge is -2.24. The van der Waals surface area contributed by atoms with Crippen molar-refractivity contribution in [2.45, 2.75) is 11.8 Å². The third-order valence-electron chi connectivity index (χ3n) is 4.55. The first kappa shape index (κ1) is 23.9. The molecular weight excluding hydrogens is 471 g/mol. The minimum absolute atomic E-state index is 0.0763. The lowest BCUT2D eigenvalue weighted by Crippen LogP contribution is -2.41. The van der Waals surface area contributed by atoms with Gasteiger partial charge in [0.15, 0.2) is 0 Å². The molecule has 3 rings (SSSR count). The van der Waals surface area contributed by atoms with Gasteiger partial charge in [-0.3, -0.25) is 9.10 Å². The molecule has 0 aromatic heterocycles. The first-order chi connectivity index (χ1) is 15.3. The molecule has 0 fully saturated rings. The number of hydrogen-bond acceptors (Lipinski definition) is 4. The van der Waals surface area contributed by atoms with Crippen LogP contribution in [0, 0.1) is 6.92 Å². The Kier molecular flexibility index (Phi) is 8.01. The van der Waals surface area contributed by atoms with Crippen LogP contribution in [0.4, 0.5) is 5.69 Å². The van der Waals surface area contributed by atoms with Crippen LogP contribution in [0.15, 0.2) is 77.7 Å². The van der Waals surface area contributed by atoms with E-state index in [0.717, 1.165) is 9.87 Å². The highest BCUT2D eigenvalue weighted by molar-refractivity contribution is 7.92. The average Bonchev–Trinajstić information content (AvgIpc) is 2.78. The molecule has 0 aliphatic carbocycles. The summed E-state index contributed by atoms with van der Waals surface area (Å²) in [6.07, 6.45) is 0. The minimum Gasteiger partial charge on any atom is -0.492 e. The molecule has 0 bridgehead atoms. The third kappa shape index (κ3) is 6.16. The van der Waals surface area contributed by atoms with Gasteiger partial charge in [0.1, 0.15) is 18.9 Å². The molecule has 0 saturated heterocycles. The monoisotopic (exact) mass is 492 g/mol. The standard InChI is InChI=1S/C23H22Cl2N2O4S/c1-17-10-11-20(15-22(17)25)31-13-12-26-23(28)16-27(19-7-5-6-18(24)14-19)32(29,30)21-8-3-2-4-9-21/h2-11,14-15H,12-13,16H2,1H3,(H,26,28). The number of benzene rings is 3. The SMILES string of the molecule is Cc1ccc(OCCNC(=O)CN(c2cccc(Cl)c2)S(=O)(=O)c2ccccc2)cc1Cl. The van der Waals surface area contributed by atoms with Crippen LogP contribution in [0.25, 0.3) is 0 Å². The minimum atomic E-state index is -3.98. The Labute approximate surface area is 197 Å². The molecule has 6 nitrogen and oxygen atoms in total. The summed E-state index contributed by atoms with van der Waals surface area (Å²) in [5.74, 6) is 0.108. The fraction of sp³-hybridized carbons (Fsp3) is 0.174. The number of aryl methyl sites for hydroxylation is 1. The number of ether oxygens (including phenoxy) is 1. The molecular formula is C23H22Cl2N2O4S. The Hall–Kier alpha value is -2.74. The van der Waals surface area contributed by atoms with Gasteiger partial charge in [-0.05, 0) is 55.0 Å². The first-order valence-corrected chi connectivity index (χ1v) is 12.0. The molecule has 0 spiro atoms. The van der Waals surface area contributed by atoms with Gasteiger partial charge in [-0.1, -0.05) is 53.5 Å². The van der Waals surface area contributed by atoms with Gasteiger partial charge in [0, 0.05) is 10.0 Å². The number of rotatable bonds is 9. The van der Waals surface area contributed by atoms with Gasteiger partial charge in [0.25, 0.3) is 10.0 Å². The molecule has 0 aliphatic rings. The Bertz CT molecular complexity index is 1190. The van der Waals surface area contributed by atoms with Crippen molar-refractivity contribution in [3.8, 4) is 5.75 Å². The van der Waals surface area contributed by atoms with E-state index in [9.17, 15) is 13.2 Å². The van der Waals surface area contributed by atoms with E-state index in [1.54, 1.807) is 48.5 Å². The van der Waals surface area contributed by atoms with Crippen molar-refractivity contribution in [2.75, 3.05) is 24.0 Å². The van der Waals surface area contributed by atoms with E-state index in [4.69, 9.17) is 27.9 Å². The molecule has 168 valence electrons. The van der Waals surface area contributed by atoms with E-state index in [0.29, 0.717) is 21.5 Å². The van der Waals surface area contributed by atoms with Gasteiger partial charge in [-0.2, -0.15) is 0 Å². The fourth-order valence-electron chi connectivity index (χ4n) is 2.88. The average molecular weight is 493 g/mol. The summed E-state index contributed by atoms with van der Waals surface area (Å²) in [4.78, 5) is 12.6. The number of halogens is 2. The molecule has 0 aliphatic heterocycles. The van der Waals surface area contributed by atoms with E-state index < -0.39 is 22.5 Å².